The van der Waals surface area contributed by atoms with Crippen molar-refractivity contribution in [3.05, 3.63) is 62.9 Å². The first-order valence-corrected chi connectivity index (χ1v) is 6.84. The number of rotatable bonds is 1. The molecule has 3 rings (SSSR count). The van der Waals surface area contributed by atoms with Gasteiger partial charge in [0.25, 0.3) is 5.56 Å². The Morgan fingerprint density at radius 2 is 1.86 bits per heavy atom. The second-order valence-electron chi connectivity index (χ2n) is 4.58. The fourth-order valence-electron chi connectivity index (χ4n) is 2.27. The summed E-state index contributed by atoms with van der Waals surface area (Å²) >= 11 is 12.3. The monoisotopic (exact) mass is 322 g/mol. The number of pyridine rings is 2. The van der Waals surface area contributed by atoms with E-state index in [1.807, 2.05) is 0 Å². The van der Waals surface area contributed by atoms with Crippen molar-refractivity contribution >= 4 is 34.1 Å². The Labute approximate surface area is 129 Å². The minimum atomic E-state index is -0.638. The molecule has 0 N–H and O–H groups in total. The van der Waals surface area contributed by atoms with Crippen LogP contribution in [0.2, 0.25) is 10.0 Å². The summed E-state index contributed by atoms with van der Waals surface area (Å²) in [6.07, 6.45) is 1.37. The van der Waals surface area contributed by atoms with E-state index in [0.717, 1.165) is 0 Å². The Bertz CT molecular complexity index is 901. The lowest BCUT2D eigenvalue weighted by Gasteiger charge is -2.11. The highest BCUT2D eigenvalue weighted by molar-refractivity contribution is 6.39. The van der Waals surface area contributed by atoms with E-state index in [9.17, 15) is 9.18 Å². The smallest absolute Gasteiger partial charge is 0.258 e. The zero-order chi connectivity index (χ0) is 15.1. The van der Waals surface area contributed by atoms with E-state index in [1.54, 1.807) is 31.3 Å². The van der Waals surface area contributed by atoms with E-state index in [-0.39, 0.29) is 5.56 Å². The van der Waals surface area contributed by atoms with Crippen molar-refractivity contribution in [1.82, 2.24) is 9.55 Å². The molecule has 0 radical (unpaired) electrons. The summed E-state index contributed by atoms with van der Waals surface area (Å²) < 4.78 is 14.6. The van der Waals surface area contributed by atoms with Gasteiger partial charge in [0.15, 0.2) is 0 Å². The normalized spacial score (nSPS) is 11.0. The van der Waals surface area contributed by atoms with Crippen molar-refractivity contribution in [2.75, 3.05) is 0 Å². The molecule has 2 aromatic heterocycles. The number of aromatic nitrogens is 2. The van der Waals surface area contributed by atoms with Crippen LogP contribution in [0.25, 0.3) is 22.0 Å². The number of halogens is 3. The van der Waals surface area contributed by atoms with Gasteiger partial charge >= 0.3 is 0 Å². The van der Waals surface area contributed by atoms with E-state index in [4.69, 9.17) is 23.2 Å². The van der Waals surface area contributed by atoms with Crippen molar-refractivity contribution < 1.29 is 4.39 Å². The first-order valence-electron chi connectivity index (χ1n) is 6.08. The Hall–Kier alpha value is -1.91. The Balaban J connectivity index is 2.42. The molecule has 21 heavy (non-hydrogen) atoms. The van der Waals surface area contributed by atoms with Gasteiger partial charge in [-0.3, -0.25) is 4.79 Å². The quantitative estimate of drug-likeness (QED) is 0.633. The van der Waals surface area contributed by atoms with Crippen LogP contribution < -0.4 is 5.56 Å². The molecular weight excluding hydrogens is 314 g/mol. The van der Waals surface area contributed by atoms with Crippen LogP contribution in [0.1, 0.15) is 0 Å². The zero-order valence-electron chi connectivity index (χ0n) is 10.9. The van der Waals surface area contributed by atoms with Gasteiger partial charge in [0, 0.05) is 30.3 Å². The summed E-state index contributed by atoms with van der Waals surface area (Å²) in [7, 11) is 1.57. The van der Waals surface area contributed by atoms with Gasteiger partial charge in [-0.1, -0.05) is 29.3 Å². The fraction of sp³-hybridized carbons (Fsp3) is 0.0667. The van der Waals surface area contributed by atoms with Crippen molar-refractivity contribution in [3.8, 4) is 11.1 Å². The lowest BCUT2D eigenvalue weighted by molar-refractivity contribution is 0.585. The SMILES string of the molecule is Cn1c(=O)c(-c2c(Cl)cccc2Cl)cc2cnc(F)cc21. The predicted octanol–water partition coefficient (Wildman–Crippen LogP) is 4.05. The lowest BCUT2D eigenvalue weighted by atomic mass is 10.1. The van der Waals surface area contributed by atoms with E-state index in [1.165, 1.54) is 16.8 Å². The van der Waals surface area contributed by atoms with Crippen molar-refractivity contribution in [2.24, 2.45) is 7.05 Å². The van der Waals surface area contributed by atoms with Gasteiger partial charge in [0.1, 0.15) is 0 Å². The maximum absolute atomic E-state index is 13.2. The average Bonchev–Trinajstić information content (AvgIpc) is 2.44. The fourth-order valence-corrected chi connectivity index (χ4v) is 2.88. The van der Waals surface area contributed by atoms with E-state index in [0.29, 0.717) is 32.1 Å². The third-order valence-electron chi connectivity index (χ3n) is 3.31. The summed E-state index contributed by atoms with van der Waals surface area (Å²) in [5, 5.41) is 1.40. The van der Waals surface area contributed by atoms with Gasteiger partial charge in [-0.15, -0.1) is 0 Å². The van der Waals surface area contributed by atoms with Gasteiger partial charge in [-0.2, -0.15) is 4.39 Å². The topological polar surface area (TPSA) is 34.9 Å². The zero-order valence-corrected chi connectivity index (χ0v) is 12.4. The summed E-state index contributed by atoms with van der Waals surface area (Å²) in [5.41, 5.74) is 0.976. The summed E-state index contributed by atoms with van der Waals surface area (Å²) in [5.74, 6) is -0.638. The first kappa shape index (κ1) is 14.0. The number of hydrogen-bond acceptors (Lipinski definition) is 2. The minimum absolute atomic E-state index is 0.303. The molecule has 3 aromatic rings. The molecule has 0 saturated carbocycles. The molecule has 0 saturated heterocycles. The largest absolute Gasteiger partial charge is 0.311 e. The second-order valence-corrected chi connectivity index (χ2v) is 5.40. The van der Waals surface area contributed by atoms with Crippen LogP contribution in [-0.2, 0) is 7.05 Å². The maximum atomic E-state index is 13.2. The molecule has 1 aromatic carbocycles. The van der Waals surface area contributed by atoms with Crippen molar-refractivity contribution in [3.63, 3.8) is 0 Å². The maximum Gasteiger partial charge on any atom is 0.258 e. The molecule has 0 fully saturated rings. The molecule has 106 valence electrons. The highest BCUT2D eigenvalue weighted by Gasteiger charge is 2.15. The van der Waals surface area contributed by atoms with Crippen LogP contribution in [0.4, 0.5) is 4.39 Å². The van der Waals surface area contributed by atoms with Crippen LogP contribution in [0.15, 0.2) is 41.3 Å². The molecule has 0 aliphatic heterocycles. The third kappa shape index (κ3) is 2.30. The second kappa shape index (κ2) is 5.13. The molecule has 6 heteroatoms. The van der Waals surface area contributed by atoms with Gasteiger partial charge in [-0.25, -0.2) is 4.98 Å². The first-order chi connectivity index (χ1) is 9.99. The molecule has 0 bridgehead atoms. The standard InChI is InChI=1S/C15H9Cl2FN2O/c1-20-12-6-13(18)19-7-8(12)5-9(15(20)21)14-10(16)3-2-4-11(14)17/h2-7H,1H3. The molecule has 3 nitrogen and oxygen atoms in total. The van der Waals surface area contributed by atoms with Crippen LogP contribution in [0, 0.1) is 5.95 Å². The summed E-state index contributed by atoms with van der Waals surface area (Å²) in [6, 6.07) is 7.87. The van der Waals surface area contributed by atoms with E-state index < -0.39 is 5.95 Å². The van der Waals surface area contributed by atoms with Crippen molar-refractivity contribution in [1.29, 1.82) is 0 Å². The van der Waals surface area contributed by atoms with Crippen molar-refractivity contribution in [2.45, 2.75) is 0 Å². The number of benzene rings is 1. The Morgan fingerprint density at radius 3 is 2.52 bits per heavy atom. The highest BCUT2D eigenvalue weighted by atomic mass is 35.5. The number of fused-ring (bicyclic) bond motifs is 1. The molecule has 0 amide bonds. The predicted molar refractivity (Wildman–Crippen MR) is 82.4 cm³/mol. The summed E-state index contributed by atoms with van der Waals surface area (Å²) in [4.78, 5) is 16.1. The molecule has 0 unspecified atom stereocenters. The van der Waals surface area contributed by atoms with E-state index in [2.05, 4.69) is 4.98 Å². The van der Waals surface area contributed by atoms with Crippen LogP contribution in [0.5, 0.6) is 0 Å². The van der Waals surface area contributed by atoms with Crippen LogP contribution in [0.3, 0.4) is 0 Å². The van der Waals surface area contributed by atoms with Gasteiger partial charge < -0.3 is 4.57 Å². The highest BCUT2D eigenvalue weighted by Crippen LogP contribution is 2.33. The summed E-state index contributed by atoms with van der Waals surface area (Å²) in [6.45, 7) is 0. The Kier molecular flexibility index (Phi) is 3.43. The Morgan fingerprint density at radius 1 is 1.19 bits per heavy atom. The van der Waals surface area contributed by atoms with E-state index >= 15 is 0 Å². The molecule has 0 aliphatic carbocycles. The van der Waals surface area contributed by atoms with Gasteiger partial charge in [0.2, 0.25) is 5.95 Å². The number of nitrogens with zero attached hydrogens (tertiary/aromatic N) is 2. The minimum Gasteiger partial charge on any atom is -0.311 e. The third-order valence-corrected chi connectivity index (χ3v) is 3.94. The van der Waals surface area contributed by atoms with Gasteiger partial charge in [0.05, 0.1) is 21.1 Å². The molecule has 2 heterocycles. The molecule has 0 aliphatic rings. The molecular formula is C15H9Cl2FN2O. The van der Waals surface area contributed by atoms with Gasteiger partial charge in [-0.05, 0) is 18.2 Å². The van der Waals surface area contributed by atoms with Crippen LogP contribution in [-0.4, -0.2) is 9.55 Å². The van der Waals surface area contributed by atoms with Crippen LogP contribution >= 0.6 is 23.2 Å². The number of aryl methyl sites for hydroxylation is 1. The lowest BCUT2D eigenvalue weighted by Crippen LogP contribution is -2.19. The average molecular weight is 323 g/mol. The molecule has 0 atom stereocenters. The number of hydrogen-bond donors (Lipinski definition) is 0. The molecule has 0 spiro atoms.